The van der Waals surface area contributed by atoms with Crippen molar-refractivity contribution in [1.29, 1.82) is 0 Å². The van der Waals surface area contributed by atoms with Gasteiger partial charge in [0.2, 0.25) is 0 Å². The van der Waals surface area contributed by atoms with Crippen LogP contribution in [0, 0.1) is 13.8 Å². The molecule has 0 aromatic heterocycles. The Balaban J connectivity index is 2.22. The van der Waals surface area contributed by atoms with Crippen molar-refractivity contribution in [2.45, 2.75) is 26.3 Å². The molecule has 0 saturated heterocycles. The first kappa shape index (κ1) is 11.9. The molecule has 0 fully saturated rings. The van der Waals surface area contributed by atoms with Gasteiger partial charge in [0.1, 0.15) is 0 Å². The van der Waals surface area contributed by atoms with Crippen LogP contribution in [-0.2, 0) is 6.42 Å². The van der Waals surface area contributed by atoms with Crippen molar-refractivity contribution >= 4 is 0 Å². The molecule has 0 bridgehead atoms. The van der Waals surface area contributed by atoms with E-state index >= 15 is 0 Å². The smallest absolute Gasteiger partial charge is 0.0335 e. The molecule has 2 rings (SSSR count). The lowest BCUT2D eigenvalue weighted by molar-refractivity contribution is 0.715. The maximum atomic E-state index is 6.26. The summed E-state index contributed by atoms with van der Waals surface area (Å²) in [6.45, 7) is 4.31. The third kappa shape index (κ3) is 2.75. The normalized spacial score (nSPS) is 12.4. The minimum atomic E-state index is 0.0796. The van der Waals surface area contributed by atoms with Crippen molar-refractivity contribution in [2.75, 3.05) is 0 Å². The van der Waals surface area contributed by atoms with E-state index in [0.29, 0.717) is 0 Å². The quantitative estimate of drug-likeness (QED) is 0.849. The Morgan fingerprint density at radius 1 is 0.882 bits per heavy atom. The Bertz CT molecular complexity index is 468. The molecule has 1 unspecified atom stereocenters. The lowest BCUT2D eigenvalue weighted by atomic mass is 9.93. The molecule has 2 aromatic rings. The average molecular weight is 225 g/mol. The highest BCUT2D eigenvalue weighted by Gasteiger charge is 2.09. The van der Waals surface area contributed by atoms with Crippen molar-refractivity contribution in [2.24, 2.45) is 5.73 Å². The van der Waals surface area contributed by atoms with Gasteiger partial charge in [0.05, 0.1) is 0 Å². The van der Waals surface area contributed by atoms with Gasteiger partial charge in [-0.05, 0) is 42.5 Å². The Kier molecular flexibility index (Phi) is 3.60. The molecule has 0 aliphatic rings. The number of aryl methyl sites for hydroxylation is 2. The number of nitrogens with two attached hydrogens (primary N) is 1. The predicted molar refractivity (Wildman–Crippen MR) is 73.0 cm³/mol. The second kappa shape index (κ2) is 5.15. The fraction of sp³-hybridized carbons (Fsp3) is 0.250. The molecular formula is C16H19N. The standard InChI is InChI=1S/C16H19N/c1-12-7-6-8-13(2)15(12)11-16(17)14-9-4-3-5-10-14/h3-10,16H,11,17H2,1-2H3. The molecule has 2 aromatic carbocycles. The zero-order chi connectivity index (χ0) is 12.3. The van der Waals surface area contributed by atoms with Gasteiger partial charge in [0, 0.05) is 6.04 Å². The average Bonchev–Trinajstić information content (AvgIpc) is 2.35. The highest BCUT2D eigenvalue weighted by Crippen LogP contribution is 2.21. The molecule has 2 N–H and O–H groups in total. The van der Waals surface area contributed by atoms with Gasteiger partial charge in [-0.2, -0.15) is 0 Å². The molecule has 0 radical (unpaired) electrons. The zero-order valence-corrected chi connectivity index (χ0v) is 10.5. The van der Waals surface area contributed by atoms with E-state index in [9.17, 15) is 0 Å². The van der Waals surface area contributed by atoms with Crippen LogP contribution in [0.5, 0.6) is 0 Å². The summed E-state index contributed by atoms with van der Waals surface area (Å²) in [6.07, 6.45) is 0.905. The van der Waals surface area contributed by atoms with E-state index in [2.05, 4.69) is 44.2 Å². The summed E-state index contributed by atoms with van der Waals surface area (Å²) in [5, 5.41) is 0. The van der Waals surface area contributed by atoms with Crippen LogP contribution in [-0.4, -0.2) is 0 Å². The molecule has 17 heavy (non-hydrogen) atoms. The lowest BCUT2D eigenvalue weighted by Crippen LogP contribution is -2.14. The van der Waals surface area contributed by atoms with Crippen molar-refractivity contribution in [3.63, 3.8) is 0 Å². The van der Waals surface area contributed by atoms with Gasteiger partial charge < -0.3 is 5.73 Å². The first-order valence-electron chi connectivity index (χ1n) is 6.04. The summed E-state index contributed by atoms with van der Waals surface area (Å²) in [5.74, 6) is 0. The third-order valence-electron chi connectivity index (χ3n) is 3.30. The largest absolute Gasteiger partial charge is 0.324 e. The Hall–Kier alpha value is -1.60. The van der Waals surface area contributed by atoms with Crippen LogP contribution in [0.1, 0.15) is 28.3 Å². The van der Waals surface area contributed by atoms with Crippen LogP contribution in [0.3, 0.4) is 0 Å². The number of hydrogen-bond donors (Lipinski definition) is 1. The monoisotopic (exact) mass is 225 g/mol. The van der Waals surface area contributed by atoms with E-state index in [4.69, 9.17) is 5.73 Å². The second-order valence-corrected chi connectivity index (χ2v) is 4.59. The second-order valence-electron chi connectivity index (χ2n) is 4.59. The van der Waals surface area contributed by atoms with E-state index in [1.165, 1.54) is 22.3 Å². The first-order chi connectivity index (χ1) is 8.18. The zero-order valence-electron chi connectivity index (χ0n) is 10.5. The van der Waals surface area contributed by atoms with Gasteiger partial charge in [-0.1, -0.05) is 48.5 Å². The number of benzene rings is 2. The van der Waals surface area contributed by atoms with Crippen molar-refractivity contribution in [1.82, 2.24) is 0 Å². The predicted octanol–water partition coefficient (Wildman–Crippen LogP) is 3.55. The molecule has 0 aliphatic heterocycles. The van der Waals surface area contributed by atoms with Crippen LogP contribution < -0.4 is 5.73 Å². The van der Waals surface area contributed by atoms with E-state index in [1.807, 2.05) is 18.2 Å². The molecule has 88 valence electrons. The number of rotatable bonds is 3. The van der Waals surface area contributed by atoms with Gasteiger partial charge in [0.25, 0.3) is 0 Å². The minimum Gasteiger partial charge on any atom is -0.324 e. The fourth-order valence-electron chi connectivity index (χ4n) is 2.21. The van der Waals surface area contributed by atoms with Crippen LogP contribution in [0.25, 0.3) is 0 Å². The van der Waals surface area contributed by atoms with E-state index in [0.717, 1.165) is 6.42 Å². The van der Waals surface area contributed by atoms with Crippen molar-refractivity contribution in [3.8, 4) is 0 Å². The van der Waals surface area contributed by atoms with E-state index < -0.39 is 0 Å². The number of hydrogen-bond acceptors (Lipinski definition) is 1. The molecule has 1 nitrogen and oxygen atoms in total. The van der Waals surface area contributed by atoms with Crippen LogP contribution >= 0.6 is 0 Å². The summed E-state index contributed by atoms with van der Waals surface area (Å²) in [4.78, 5) is 0. The van der Waals surface area contributed by atoms with Crippen molar-refractivity contribution < 1.29 is 0 Å². The third-order valence-corrected chi connectivity index (χ3v) is 3.30. The van der Waals surface area contributed by atoms with Gasteiger partial charge in [-0.25, -0.2) is 0 Å². The molecule has 1 atom stereocenters. The molecule has 0 aliphatic carbocycles. The summed E-state index contributed by atoms with van der Waals surface area (Å²) in [7, 11) is 0. The Labute approximate surface area is 103 Å². The minimum absolute atomic E-state index is 0.0796. The fourth-order valence-corrected chi connectivity index (χ4v) is 2.21. The Morgan fingerprint density at radius 2 is 1.47 bits per heavy atom. The van der Waals surface area contributed by atoms with Gasteiger partial charge in [0.15, 0.2) is 0 Å². The lowest BCUT2D eigenvalue weighted by Gasteiger charge is -2.15. The van der Waals surface area contributed by atoms with Crippen LogP contribution in [0.4, 0.5) is 0 Å². The summed E-state index contributed by atoms with van der Waals surface area (Å²) < 4.78 is 0. The summed E-state index contributed by atoms with van der Waals surface area (Å²) in [5.41, 5.74) is 11.5. The maximum Gasteiger partial charge on any atom is 0.0335 e. The SMILES string of the molecule is Cc1cccc(C)c1CC(N)c1ccccc1. The van der Waals surface area contributed by atoms with Crippen molar-refractivity contribution in [3.05, 3.63) is 70.8 Å². The molecular weight excluding hydrogens is 206 g/mol. The van der Waals surface area contributed by atoms with Crippen LogP contribution in [0.15, 0.2) is 48.5 Å². The van der Waals surface area contributed by atoms with Crippen LogP contribution in [0.2, 0.25) is 0 Å². The Morgan fingerprint density at radius 3 is 2.06 bits per heavy atom. The molecule has 0 saturated carbocycles. The summed E-state index contributed by atoms with van der Waals surface area (Å²) >= 11 is 0. The molecule has 0 spiro atoms. The molecule has 0 heterocycles. The highest BCUT2D eigenvalue weighted by molar-refractivity contribution is 5.35. The summed E-state index contributed by atoms with van der Waals surface area (Å²) in [6, 6.07) is 16.8. The first-order valence-corrected chi connectivity index (χ1v) is 6.04. The highest BCUT2D eigenvalue weighted by atomic mass is 14.6. The topological polar surface area (TPSA) is 26.0 Å². The van der Waals surface area contributed by atoms with Gasteiger partial charge in [-0.15, -0.1) is 0 Å². The van der Waals surface area contributed by atoms with E-state index in [-0.39, 0.29) is 6.04 Å². The molecule has 0 amide bonds. The van der Waals surface area contributed by atoms with Gasteiger partial charge in [-0.3, -0.25) is 0 Å². The molecule has 1 heteroatoms. The van der Waals surface area contributed by atoms with E-state index in [1.54, 1.807) is 0 Å². The van der Waals surface area contributed by atoms with Gasteiger partial charge >= 0.3 is 0 Å². The maximum absolute atomic E-state index is 6.26.